The lowest BCUT2D eigenvalue weighted by Gasteiger charge is -2.24. The summed E-state index contributed by atoms with van der Waals surface area (Å²) in [6.45, 7) is 10.8. The molecule has 98 valence electrons. The maximum atomic E-state index is 6.08. The molecule has 1 unspecified atom stereocenters. The smallest absolute Gasteiger partial charge is 0.157 e. The summed E-state index contributed by atoms with van der Waals surface area (Å²) in [5.41, 5.74) is 8.12. The summed E-state index contributed by atoms with van der Waals surface area (Å²) in [4.78, 5) is 0.427. The molecule has 0 saturated heterocycles. The SMILES string of the molecule is CC(C)(C)c1cccc2c1OC(C(N)=S)C2(C)C. The topological polar surface area (TPSA) is 35.2 Å². The third kappa shape index (κ3) is 1.91. The zero-order chi connectivity index (χ0) is 13.7. The van der Waals surface area contributed by atoms with Crippen LogP contribution in [-0.4, -0.2) is 11.1 Å². The second kappa shape index (κ2) is 3.95. The minimum Gasteiger partial charge on any atom is -0.482 e. The molecule has 1 atom stereocenters. The molecular formula is C15H21NOS. The second-order valence-electron chi connectivity index (χ2n) is 6.55. The minimum absolute atomic E-state index is 0.0481. The van der Waals surface area contributed by atoms with E-state index in [2.05, 4.69) is 52.8 Å². The Hall–Kier alpha value is -1.09. The van der Waals surface area contributed by atoms with E-state index in [1.807, 2.05) is 0 Å². The molecule has 0 radical (unpaired) electrons. The van der Waals surface area contributed by atoms with E-state index in [9.17, 15) is 0 Å². The van der Waals surface area contributed by atoms with Crippen molar-refractivity contribution in [2.24, 2.45) is 5.73 Å². The highest BCUT2D eigenvalue weighted by molar-refractivity contribution is 7.80. The van der Waals surface area contributed by atoms with Crippen molar-refractivity contribution in [3.8, 4) is 5.75 Å². The largest absolute Gasteiger partial charge is 0.482 e. The first-order valence-corrected chi connectivity index (χ1v) is 6.66. The summed E-state index contributed by atoms with van der Waals surface area (Å²) >= 11 is 5.14. The number of para-hydroxylation sites is 1. The monoisotopic (exact) mass is 263 g/mol. The first-order chi connectivity index (χ1) is 8.15. The normalized spacial score (nSPS) is 21.3. The van der Waals surface area contributed by atoms with Crippen LogP contribution in [0.15, 0.2) is 18.2 Å². The van der Waals surface area contributed by atoms with Crippen LogP contribution in [0.4, 0.5) is 0 Å². The lowest BCUT2D eigenvalue weighted by molar-refractivity contribution is 0.230. The van der Waals surface area contributed by atoms with E-state index >= 15 is 0 Å². The van der Waals surface area contributed by atoms with E-state index in [4.69, 9.17) is 22.7 Å². The molecule has 1 heterocycles. The molecule has 0 aromatic heterocycles. The zero-order valence-corrected chi connectivity index (χ0v) is 12.5. The summed E-state index contributed by atoms with van der Waals surface area (Å²) < 4.78 is 6.08. The lowest BCUT2D eigenvalue weighted by atomic mass is 9.78. The Morgan fingerprint density at radius 1 is 1.33 bits per heavy atom. The van der Waals surface area contributed by atoms with Crippen molar-refractivity contribution in [1.82, 2.24) is 0 Å². The van der Waals surface area contributed by atoms with Crippen molar-refractivity contribution in [2.45, 2.75) is 51.6 Å². The van der Waals surface area contributed by atoms with E-state index in [1.54, 1.807) is 0 Å². The highest BCUT2D eigenvalue weighted by Gasteiger charge is 2.45. The first kappa shape index (κ1) is 13.3. The Kier molecular flexibility index (Phi) is 2.93. The van der Waals surface area contributed by atoms with E-state index in [0.717, 1.165) is 5.75 Å². The molecule has 1 aromatic carbocycles. The number of benzene rings is 1. The molecule has 1 aliphatic heterocycles. The van der Waals surface area contributed by atoms with Gasteiger partial charge in [-0.25, -0.2) is 0 Å². The summed E-state index contributed by atoms with van der Waals surface area (Å²) in [6, 6.07) is 6.33. The Morgan fingerprint density at radius 3 is 2.44 bits per heavy atom. The quantitative estimate of drug-likeness (QED) is 0.790. The van der Waals surface area contributed by atoms with E-state index < -0.39 is 0 Å². The Morgan fingerprint density at radius 2 is 1.94 bits per heavy atom. The maximum Gasteiger partial charge on any atom is 0.157 e. The fourth-order valence-corrected chi connectivity index (χ4v) is 2.92. The van der Waals surface area contributed by atoms with Gasteiger partial charge in [-0.1, -0.05) is 65.0 Å². The van der Waals surface area contributed by atoms with Gasteiger partial charge in [0.1, 0.15) is 10.7 Å². The molecule has 3 heteroatoms. The molecule has 2 N–H and O–H groups in total. The number of hydrogen-bond acceptors (Lipinski definition) is 2. The highest BCUT2D eigenvalue weighted by Crippen LogP contribution is 2.47. The summed E-state index contributed by atoms with van der Waals surface area (Å²) in [7, 11) is 0. The van der Waals surface area contributed by atoms with Crippen LogP contribution in [0.3, 0.4) is 0 Å². The highest BCUT2D eigenvalue weighted by atomic mass is 32.1. The predicted octanol–water partition coefficient (Wildman–Crippen LogP) is 3.31. The van der Waals surface area contributed by atoms with Crippen LogP contribution in [0.1, 0.15) is 45.7 Å². The van der Waals surface area contributed by atoms with Gasteiger partial charge in [0.05, 0.1) is 0 Å². The molecular weight excluding hydrogens is 242 g/mol. The van der Waals surface area contributed by atoms with Crippen LogP contribution in [0.25, 0.3) is 0 Å². The average molecular weight is 263 g/mol. The second-order valence-corrected chi connectivity index (χ2v) is 7.03. The first-order valence-electron chi connectivity index (χ1n) is 6.25. The van der Waals surface area contributed by atoms with E-state index in [1.165, 1.54) is 11.1 Å². The molecule has 1 aliphatic rings. The molecule has 0 saturated carbocycles. The van der Waals surface area contributed by atoms with Gasteiger partial charge in [0.15, 0.2) is 6.10 Å². The van der Waals surface area contributed by atoms with Crippen molar-refractivity contribution in [2.75, 3.05) is 0 Å². The molecule has 2 rings (SSSR count). The Balaban J connectivity index is 2.61. The minimum atomic E-state index is -0.217. The summed E-state index contributed by atoms with van der Waals surface area (Å²) in [6.07, 6.45) is -0.217. The average Bonchev–Trinajstić information content (AvgIpc) is 2.49. The zero-order valence-electron chi connectivity index (χ0n) is 11.7. The number of nitrogens with two attached hydrogens (primary N) is 1. The molecule has 1 aromatic rings. The van der Waals surface area contributed by atoms with E-state index in [-0.39, 0.29) is 16.9 Å². The number of thiocarbonyl (C=S) groups is 1. The van der Waals surface area contributed by atoms with Crippen molar-refractivity contribution < 1.29 is 4.74 Å². The fraction of sp³-hybridized carbons (Fsp3) is 0.533. The van der Waals surface area contributed by atoms with E-state index in [0.29, 0.717) is 4.99 Å². The molecule has 0 fully saturated rings. The van der Waals surface area contributed by atoms with Crippen molar-refractivity contribution in [3.05, 3.63) is 29.3 Å². The van der Waals surface area contributed by atoms with Crippen LogP contribution in [-0.2, 0) is 10.8 Å². The van der Waals surface area contributed by atoms with Gasteiger partial charge in [0, 0.05) is 11.0 Å². The lowest BCUT2D eigenvalue weighted by Crippen LogP contribution is -2.42. The van der Waals surface area contributed by atoms with Gasteiger partial charge in [-0.15, -0.1) is 0 Å². The van der Waals surface area contributed by atoms with Crippen molar-refractivity contribution >= 4 is 17.2 Å². The molecule has 18 heavy (non-hydrogen) atoms. The Bertz CT molecular complexity index is 500. The van der Waals surface area contributed by atoms with Gasteiger partial charge in [0.2, 0.25) is 0 Å². The summed E-state index contributed by atoms with van der Waals surface area (Å²) in [5.74, 6) is 0.966. The fourth-order valence-electron chi connectivity index (χ4n) is 2.58. The van der Waals surface area contributed by atoms with Crippen molar-refractivity contribution in [3.63, 3.8) is 0 Å². The van der Waals surface area contributed by atoms with Crippen LogP contribution in [0.2, 0.25) is 0 Å². The molecule has 2 nitrogen and oxygen atoms in total. The predicted molar refractivity (Wildman–Crippen MR) is 79.4 cm³/mol. The Labute approximate surface area is 115 Å². The maximum absolute atomic E-state index is 6.08. The van der Waals surface area contributed by atoms with Gasteiger partial charge in [-0.2, -0.15) is 0 Å². The number of fused-ring (bicyclic) bond motifs is 1. The summed E-state index contributed by atoms with van der Waals surface area (Å²) in [5, 5.41) is 0. The van der Waals surface area contributed by atoms with Gasteiger partial charge < -0.3 is 10.5 Å². The van der Waals surface area contributed by atoms with Gasteiger partial charge >= 0.3 is 0 Å². The van der Waals surface area contributed by atoms with Crippen molar-refractivity contribution in [1.29, 1.82) is 0 Å². The van der Waals surface area contributed by atoms with Gasteiger partial charge in [0.25, 0.3) is 0 Å². The number of hydrogen-bond donors (Lipinski definition) is 1. The molecule has 0 aliphatic carbocycles. The van der Waals surface area contributed by atoms with Gasteiger partial charge in [-0.3, -0.25) is 0 Å². The molecule has 0 amide bonds. The molecule has 0 spiro atoms. The van der Waals surface area contributed by atoms with Crippen LogP contribution >= 0.6 is 12.2 Å². The number of rotatable bonds is 1. The molecule has 0 bridgehead atoms. The third-order valence-electron chi connectivity index (χ3n) is 3.67. The van der Waals surface area contributed by atoms with Gasteiger partial charge in [-0.05, 0) is 11.0 Å². The van der Waals surface area contributed by atoms with Crippen LogP contribution in [0, 0.1) is 0 Å². The standard InChI is InChI=1S/C15H21NOS/c1-14(2,3)9-7-6-8-10-11(9)17-12(13(16)18)15(10,4)5/h6-8,12H,1-5H3,(H2,16,18). The third-order valence-corrected chi connectivity index (χ3v) is 3.88. The van der Waals surface area contributed by atoms with Crippen LogP contribution < -0.4 is 10.5 Å². The van der Waals surface area contributed by atoms with Crippen LogP contribution in [0.5, 0.6) is 5.75 Å². The number of ether oxygens (including phenoxy) is 1.